The molecule has 0 aromatic carbocycles. The molecule has 0 spiro atoms. The molecule has 0 aromatic heterocycles. The molecule has 0 heterocycles. The third-order valence-corrected chi connectivity index (χ3v) is 0.159. The summed E-state index contributed by atoms with van der Waals surface area (Å²) in [5, 5.41) is 11.4. The summed E-state index contributed by atoms with van der Waals surface area (Å²) in [4.78, 5) is 16.0. The number of rotatable bonds is 3. The Labute approximate surface area is 38.5 Å². The Bertz CT molecular complexity index is 61.1. The molecule has 0 aliphatic carbocycles. The summed E-state index contributed by atoms with van der Waals surface area (Å²) >= 11 is 0. The lowest BCUT2D eigenvalue weighted by Gasteiger charge is -1.87. The van der Waals surface area contributed by atoms with Crippen LogP contribution in [-0.4, -0.2) is 12.2 Å². The van der Waals surface area contributed by atoms with Crippen LogP contribution in [0.25, 0.3) is 0 Å². The van der Waals surface area contributed by atoms with Gasteiger partial charge in [0.1, 0.15) is 0 Å². The average Bonchev–Trinajstić information content (AvgIpc) is 1.61. The van der Waals surface area contributed by atoms with E-state index in [1.165, 1.54) is 0 Å². The summed E-state index contributed by atoms with van der Waals surface area (Å²) in [7, 11) is 1.09. The van der Waals surface area contributed by atoms with E-state index >= 15 is 0 Å². The predicted octanol–water partition coefficient (Wildman–Crippen LogP) is -0.312. The average molecular weight is 109 g/mol. The fourth-order valence-electron chi connectivity index (χ4n) is 0.0553. The lowest BCUT2D eigenvalue weighted by Crippen LogP contribution is -1.99. The molecule has 0 aliphatic heterocycles. The van der Waals surface area contributed by atoms with Crippen LogP contribution in [0.3, 0.4) is 0 Å². The van der Waals surface area contributed by atoms with E-state index in [0.717, 1.165) is 7.11 Å². The molecule has 0 unspecified atom stereocenters. The van der Waals surface area contributed by atoms with E-state index in [4.69, 9.17) is 10.1 Å². The molecular formula is CH3NO5. The fraction of sp³-hybridized carbons (Fsp3) is 1.00. The first-order chi connectivity index (χ1) is 3.27. The van der Waals surface area contributed by atoms with Crippen molar-refractivity contribution in [2.75, 3.05) is 7.11 Å². The minimum atomic E-state index is -1.14. The lowest BCUT2D eigenvalue weighted by atomic mass is 11.8. The van der Waals surface area contributed by atoms with E-state index < -0.39 is 5.09 Å². The van der Waals surface area contributed by atoms with Crippen LogP contribution in [0.15, 0.2) is 0 Å². The molecule has 0 N–H and O–H groups in total. The summed E-state index contributed by atoms with van der Waals surface area (Å²) in [5.41, 5.74) is 0. The van der Waals surface area contributed by atoms with Crippen LogP contribution < -0.4 is 0 Å². The Morgan fingerprint density at radius 1 is 1.71 bits per heavy atom. The van der Waals surface area contributed by atoms with Crippen LogP contribution in [0.5, 0.6) is 0 Å². The highest BCUT2D eigenvalue weighted by molar-refractivity contribution is 3.84. The molecule has 0 saturated heterocycles. The van der Waals surface area contributed by atoms with Crippen molar-refractivity contribution in [3.8, 4) is 0 Å². The van der Waals surface area contributed by atoms with Gasteiger partial charge in [0.05, 0.1) is 7.11 Å². The molecule has 0 aromatic rings. The van der Waals surface area contributed by atoms with Crippen LogP contribution in [0, 0.1) is 10.1 Å². The Morgan fingerprint density at radius 3 is 2.43 bits per heavy atom. The van der Waals surface area contributed by atoms with Gasteiger partial charge in [0.25, 0.3) is 0 Å². The lowest BCUT2D eigenvalue weighted by molar-refractivity contribution is -0.889. The quantitative estimate of drug-likeness (QED) is 0.282. The second kappa shape index (κ2) is 3.32. The van der Waals surface area contributed by atoms with E-state index in [1.807, 2.05) is 0 Å². The molecule has 0 rings (SSSR count). The highest BCUT2D eigenvalue weighted by Crippen LogP contribution is 1.74. The van der Waals surface area contributed by atoms with Gasteiger partial charge in [-0.05, 0) is 5.04 Å². The third-order valence-electron chi connectivity index (χ3n) is 0.159. The molecule has 0 amide bonds. The maximum Gasteiger partial charge on any atom is 0.324 e. The fourth-order valence-corrected chi connectivity index (χ4v) is 0.0553. The number of hydrogen-bond acceptors (Lipinski definition) is 5. The normalized spacial score (nSPS) is 8.14. The molecule has 0 aliphatic rings. The summed E-state index contributed by atoms with van der Waals surface area (Å²) in [5.74, 6) is 0. The Morgan fingerprint density at radius 2 is 2.29 bits per heavy atom. The van der Waals surface area contributed by atoms with Crippen molar-refractivity contribution in [2.45, 2.75) is 0 Å². The van der Waals surface area contributed by atoms with E-state index in [1.54, 1.807) is 0 Å². The summed E-state index contributed by atoms with van der Waals surface area (Å²) < 4.78 is 0. The van der Waals surface area contributed by atoms with Crippen molar-refractivity contribution >= 4 is 0 Å². The van der Waals surface area contributed by atoms with Crippen molar-refractivity contribution in [2.24, 2.45) is 0 Å². The van der Waals surface area contributed by atoms with E-state index in [0.29, 0.717) is 0 Å². The van der Waals surface area contributed by atoms with E-state index in [2.05, 4.69) is 14.9 Å². The van der Waals surface area contributed by atoms with Gasteiger partial charge in [0.2, 0.25) is 0 Å². The highest BCUT2D eigenvalue weighted by atomic mass is 17.6. The summed E-state index contributed by atoms with van der Waals surface area (Å²) in [6.45, 7) is 0. The number of hydrogen-bond donors (Lipinski definition) is 0. The zero-order chi connectivity index (χ0) is 5.70. The standard InChI is InChI=1S/CH3NO5/c1-5-7-6-2(3)4/h1H3. The molecule has 0 atom stereocenters. The first kappa shape index (κ1) is 6.12. The molecule has 0 fully saturated rings. The van der Waals surface area contributed by atoms with E-state index in [9.17, 15) is 0 Å². The first-order valence-corrected chi connectivity index (χ1v) is 1.29. The van der Waals surface area contributed by atoms with Crippen LogP contribution in [0.1, 0.15) is 0 Å². The topological polar surface area (TPSA) is 70.8 Å². The second-order valence-electron chi connectivity index (χ2n) is 0.533. The van der Waals surface area contributed by atoms with Gasteiger partial charge >= 0.3 is 5.09 Å². The summed E-state index contributed by atoms with van der Waals surface area (Å²) in [6, 6.07) is 0. The molecule has 42 valence electrons. The Balaban J connectivity index is 2.82. The molecular weight excluding hydrogens is 106 g/mol. The predicted molar refractivity (Wildman–Crippen MR) is 16.2 cm³/mol. The maximum atomic E-state index is 9.14. The zero-order valence-electron chi connectivity index (χ0n) is 3.49. The number of nitrogens with zero attached hydrogens (tertiary/aromatic N) is 1. The van der Waals surface area contributed by atoms with Gasteiger partial charge < -0.3 is 0 Å². The highest BCUT2D eigenvalue weighted by Gasteiger charge is 1.89. The van der Waals surface area contributed by atoms with Crippen molar-refractivity contribution in [3.05, 3.63) is 10.1 Å². The molecule has 0 bridgehead atoms. The maximum absolute atomic E-state index is 9.14. The first-order valence-electron chi connectivity index (χ1n) is 1.29. The smallest absolute Gasteiger partial charge is 0.210 e. The summed E-state index contributed by atoms with van der Waals surface area (Å²) in [6.07, 6.45) is 0. The van der Waals surface area contributed by atoms with Crippen molar-refractivity contribution in [3.63, 3.8) is 0 Å². The van der Waals surface area contributed by atoms with Gasteiger partial charge in [0.15, 0.2) is 0 Å². The van der Waals surface area contributed by atoms with E-state index in [-0.39, 0.29) is 0 Å². The van der Waals surface area contributed by atoms with Crippen molar-refractivity contribution in [1.82, 2.24) is 0 Å². The molecule has 6 heteroatoms. The second-order valence-corrected chi connectivity index (χ2v) is 0.533. The van der Waals surface area contributed by atoms with Gasteiger partial charge in [-0.1, -0.05) is 0 Å². The largest absolute Gasteiger partial charge is 0.324 e. The van der Waals surface area contributed by atoms with Crippen molar-refractivity contribution in [1.29, 1.82) is 0 Å². The van der Waals surface area contributed by atoms with Gasteiger partial charge in [-0.15, -0.1) is 15.1 Å². The van der Waals surface area contributed by atoms with Gasteiger partial charge in [0, 0.05) is 0 Å². The monoisotopic (exact) mass is 109 g/mol. The minimum Gasteiger partial charge on any atom is -0.210 e. The van der Waals surface area contributed by atoms with Crippen LogP contribution in [0.2, 0.25) is 0 Å². The molecule has 6 nitrogen and oxygen atoms in total. The molecule has 0 radical (unpaired) electrons. The molecule has 7 heavy (non-hydrogen) atoms. The minimum absolute atomic E-state index is 1.09. The Kier molecular flexibility index (Phi) is 2.90. The van der Waals surface area contributed by atoms with Gasteiger partial charge in [-0.3, -0.25) is 0 Å². The SMILES string of the molecule is COOO[N+](=O)[O-]. The third kappa shape index (κ3) is 5.12. The van der Waals surface area contributed by atoms with Crippen LogP contribution >= 0.6 is 0 Å². The van der Waals surface area contributed by atoms with Gasteiger partial charge in [-0.25, -0.2) is 4.89 Å². The Hall–Kier alpha value is -0.880. The van der Waals surface area contributed by atoms with Crippen LogP contribution in [-0.2, 0) is 14.9 Å². The zero-order valence-corrected chi connectivity index (χ0v) is 3.49. The van der Waals surface area contributed by atoms with Crippen LogP contribution in [0.4, 0.5) is 0 Å². The van der Waals surface area contributed by atoms with Crippen molar-refractivity contribution < 1.29 is 20.0 Å². The molecule has 0 saturated carbocycles. The van der Waals surface area contributed by atoms with Gasteiger partial charge in [-0.2, -0.15) is 0 Å².